The van der Waals surface area contributed by atoms with Crippen molar-refractivity contribution in [2.24, 2.45) is 0 Å². The van der Waals surface area contributed by atoms with Gasteiger partial charge in [-0.15, -0.1) is 0 Å². The van der Waals surface area contributed by atoms with E-state index in [0.717, 1.165) is 12.1 Å². The smallest absolute Gasteiger partial charge is 0.246 e. The lowest BCUT2D eigenvalue weighted by molar-refractivity contribution is 0.438. The van der Waals surface area contributed by atoms with E-state index in [9.17, 15) is 17.2 Å². The highest BCUT2D eigenvalue weighted by Gasteiger charge is 2.30. The average molecular weight is 294 g/mol. The van der Waals surface area contributed by atoms with Gasteiger partial charge in [-0.05, 0) is 12.1 Å². The van der Waals surface area contributed by atoms with Crippen molar-refractivity contribution < 1.29 is 17.2 Å². The molecule has 2 rings (SSSR count). The maximum Gasteiger partial charge on any atom is 0.246 e. The van der Waals surface area contributed by atoms with E-state index >= 15 is 0 Å². The van der Waals surface area contributed by atoms with Crippen LogP contribution in [0.1, 0.15) is 0 Å². The zero-order valence-corrected chi connectivity index (χ0v) is 11.0. The average Bonchev–Trinajstić information content (AvgIpc) is 2.37. The number of nitrogen functional groups attached to an aromatic ring is 1. The van der Waals surface area contributed by atoms with E-state index in [0.29, 0.717) is 24.6 Å². The molecule has 0 amide bonds. The molecule has 0 aliphatic carbocycles. The molecule has 1 fully saturated rings. The predicted molar refractivity (Wildman–Crippen MR) is 66.9 cm³/mol. The van der Waals surface area contributed by atoms with Crippen molar-refractivity contribution in [3.05, 3.63) is 23.8 Å². The first-order valence-corrected chi connectivity index (χ1v) is 7.85. The third-order valence-electron chi connectivity index (χ3n) is 2.68. The van der Waals surface area contributed by atoms with E-state index in [1.165, 1.54) is 4.31 Å². The molecule has 2 N–H and O–H groups in total. The van der Waals surface area contributed by atoms with Crippen molar-refractivity contribution in [3.63, 3.8) is 0 Å². The van der Waals surface area contributed by atoms with Crippen molar-refractivity contribution in [1.82, 2.24) is 4.31 Å². The molecule has 100 valence electrons. The molecular formula is C10H12F2N2O2S2. The Morgan fingerprint density at radius 1 is 1.22 bits per heavy atom. The van der Waals surface area contributed by atoms with E-state index in [-0.39, 0.29) is 0 Å². The van der Waals surface area contributed by atoms with Crippen LogP contribution in [0.4, 0.5) is 14.5 Å². The summed E-state index contributed by atoms with van der Waals surface area (Å²) in [5.41, 5.74) is 4.41. The fraction of sp³-hybridized carbons (Fsp3) is 0.400. The Bertz CT molecular complexity index is 557. The summed E-state index contributed by atoms with van der Waals surface area (Å²) >= 11 is 1.64. The van der Waals surface area contributed by atoms with Crippen molar-refractivity contribution in [2.45, 2.75) is 4.90 Å². The van der Waals surface area contributed by atoms with Crippen LogP contribution in [0.3, 0.4) is 0 Å². The van der Waals surface area contributed by atoms with Crippen LogP contribution in [-0.2, 0) is 10.0 Å². The van der Waals surface area contributed by atoms with Crippen LogP contribution in [0.25, 0.3) is 0 Å². The minimum Gasteiger partial charge on any atom is -0.394 e. The first-order chi connectivity index (χ1) is 8.44. The summed E-state index contributed by atoms with van der Waals surface area (Å²) in [6, 6.07) is 1.78. The van der Waals surface area contributed by atoms with Gasteiger partial charge in [-0.1, -0.05) is 0 Å². The van der Waals surface area contributed by atoms with Crippen LogP contribution < -0.4 is 5.73 Å². The van der Waals surface area contributed by atoms with E-state index < -0.39 is 32.2 Å². The number of anilines is 1. The van der Waals surface area contributed by atoms with Gasteiger partial charge in [0.2, 0.25) is 10.0 Å². The standard InChI is InChI=1S/C10H12F2N2O2S2/c11-7-1-2-8(9(12)10(7)13)18(15,16)14-3-5-17-6-4-14/h1-2H,3-6,13H2. The van der Waals surface area contributed by atoms with Gasteiger partial charge >= 0.3 is 0 Å². The lowest BCUT2D eigenvalue weighted by atomic mass is 10.3. The molecule has 4 nitrogen and oxygen atoms in total. The summed E-state index contributed by atoms with van der Waals surface area (Å²) in [7, 11) is -3.93. The lowest BCUT2D eigenvalue weighted by Gasteiger charge is -2.25. The molecule has 0 radical (unpaired) electrons. The van der Waals surface area contributed by atoms with Crippen LogP contribution in [0.15, 0.2) is 17.0 Å². The van der Waals surface area contributed by atoms with Crippen molar-refractivity contribution >= 4 is 27.5 Å². The second kappa shape index (κ2) is 5.02. The van der Waals surface area contributed by atoms with Gasteiger partial charge < -0.3 is 5.73 Å². The topological polar surface area (TPSA) is 63.4 Å². The number of benzene rings is 1. The normalized spacial score (nSPS) is 17.9. The molecule has 18 heavy (non-hydrogen) atoms. The van der Waals surface area contributed by atoms with Gasteiger partial charge in [0.15, 0.2) is 5.82 Å². The molecule has 0 saturated carbocycles. The van der Waals surface area contributed by atoms with E-state index in [1.807, 2.05) is 0 Å². The summed E-state index contributed by atoms with van der Waals surface area (Å²) in [6.45, 7) is 0.646. The molecule has 0 spiro atoms. The zero-order chi connectivity index (χ0) is 13.3. The van der Waals surface area contributed by atoms with Crippen molar-refractivity contribution in [3.8, 4) is 0 Å². The van der Waals surface area contributed by atoms with Crippen molar-refractivity contribution in [2.75, 3.05) is 30.3 Å². The van der Waals surface area contributed by atoms with Gasteiger partial charge in [-0.2, -0.15) is 16.1 Å². The largest absolute Gasteiger partial charge is 0.394 e. The SMILES string of the molecule is Nc1c(F)ccc(S(=O)(=O)N2CCSCC2)c1F. The molecule has 1 aromatic carbocycles. The molecule has 8 heteroatoms. The van der Waals surface area contributed by atoms with Gasteiger partial charge in [0, 0.05) is 24.6 Å². The Hall–Kier alpha value is -0.860. The fourth-order valence-electron chi connectivity index (χ4n) is 1.67. The van der Waals surface area contributed by atoms with E-state index in [4.69, 9.17) is 5.73 Å². The number of nitrogens with two attached hydrogens (primary N) is 1. The summed E-state index contributed by atoms with van der Waals surface area (Å²) in [5, 5.41) is 0. The van der Waals surface area contributed by atoms with Gasteiger partial charge in [0.25, 0.3) is 0 Å². The fourth-order valence-corrected chi connectivity index (χ4v) is 4.33. The van der Waals surface area contributed by atoms with Crippen molar-refractivity contribution in [1.29, 1.82) is 0 Å². The molecule has 1 aliphatic heterocycles. The number of rotatable bonds is 2. The summed E-state index contributed by atoms with van der Waals surface area (Å²) in [4.78, 5) is -0.562. The molecule has 1 aliphatic rings. The first-order valence-electron chi connectivity index (χ1n) is 5.26. The highest BCUT2D eigenvalue weighted by molar-refractivity contribution is 7.99. The number of thioether (sulfide) groups is 1. The lowest BCUT2D eigenvalue weighted by Crippen LogP contribution is -2.38. The molecule has 1 heterocycles. The highest BCUT2D eigenvalue weighted by atomic mass is 32.2. The van der Waals surface area contributed by atoms with Crippen LogP contribution in [0.5, 0.6) is 0 Å². The number of hydrogen-bond donors (Lipinski definition) is 1. The molecule has 1 saturated heterocycles. The Labute approximate surface area is 108 Å². The molecule has 0 bridgehead atoms. The number of halogens is 2. The summed E-state index contributed by atoms with van der Waals surface area (Å²) in [6.07, 6.45) is 0. The Balaban J connectivity index is 2.44. The number of nitrogens with zero attached hydrogens (tertiary/aromatic N) is 1. The molecule has 1 aromatic rings. The molecule has 0 atom stereocenters. The third-order valence-corrected chi connectivity index (χ3v) is 5.54. The second-order valence-electron chi connectivity index (χ2n) is 3.79. The second-order valence-corrected chi connectivity index (χ2v) is 6.92. The minimum absolute atomic E-state index is 0.323. The summed E-state index contributed by atoms with van der Waals surface area (Å²) in [5.74, 6) is -0.844. The molecule has 0 unspecified atom stereocenters. The van der Waals surface area contributed by atoms with Crippen LogP contribution in [0, 0.1) is 11.6 Å². The maximum absolute atomic E-state index is 13.7. The van der Waals surface area contributed by atoms with Gasteiger partial charge in [0.05, 0.1) is 0 Å². The first kappa shape index (κ1) is 13.6. The number of hydrogen-bond acceptors (Lipinski definition) is 4. The Morgan fingerprint density at radius 2 is 1.83 bits per heavy atom. The third kappa shape index (κ3) is 2.32. The summed E-state index contributed by atoms with van der Waals surface area (Å²) < 4.78 is 52.3. The maximum atomic E-state index is 13.7. The minimum atomic E-state index is -3.93. The van der Waals surface area contributed by atoms with Crippen LogP contribution in [0.2, 0.25) is 0 Å². The quantitative estimate of drug-likeness (QED) is 0.835. The molecular weight excluding hydrogens is 282 g/mol. The zero-order valence-electron chi connectivity index (χ0n) is 9.40. The van der Waals surface area contributed by atoms with E-state index in [2.05, 4.69) is 0 Å². The van der Waals surface area contributed by atoms with Crippen LogP contribution in [-0.4, -0.2) is 37.3 Å². The molecule has 0 aromatic heterocycles. The van der Waals surface area contributed by atoms with Gasteiger partial charge in [-0.25, -0.2) is 17.2 Å². The monoisotopic (exact) mass is 294 g/mol. The number of sulfonamides is 1. The van der Waals surface area contributed by atoms with Crippen LogP contribution >= 0.6 is 11.8 Å². The Kier molecular flexibility index (Phi) is 3.79. The van der Waals surface area contributed by atoms with Gasteiger partial charge in [-0.3, -0.25) is 0 Å². The highest BCUT2D eigenvalue weighted by Crippen LogP contribution is 2.26. The van der Waals surface area contributed by atoms with Gasteiger partial charge in [0.1, 0.15) is 16.4 Å². The predicted octanol–water partition coefficient (Wildman–Crippen LogP) is 1.28. The Morgan fingerprint density at radius 3 is 2.44 bits per heavy atom. The van der Waals surface area contributed by atoms with E-state index in [1.54, 1.807) is 11.8 Å².